The van der Waals surface area contributed by atoms with Crippen LogP contribution in [0, 0.1) is 23.7 Å². The summed E-state index contributed by atoms with van der Waals surface area (Å²) in [5.41, 5.74) is 0.893. The van der Waals surface area contributed by atoms with Gasteiger partial charge in [0.1, 0.15) is 11.5 Å². The number of rotatable bonds is 7. The molecule has 0 radical (unpaired) electrons. The van der Waals surface area contributed by atoms with Crippen molar-refractivity contribution in [2.45, 2.75) is 17.2 Å². The fourth-order valence-corrected chi connectivity index (χ4v) is 6.91. The summed E-state index contributed by atoms with van der Waals surface area (Å²) < 4.78 is 10.9. The van der Waals surface area contributed by atoms with E-state index in [0.29, 0.717) is 23.6 Å². The Kier molecular flexibility index (Phi) is 6.98. The van der Waals surface area contributed by atoms with Gasteiger partial charge in [0.15, 0.2) is 6.61 Å². The Morgan fingerprint density at radius 3 is 2.10 bits per heavy atom. The average Bonchev–Trinajstić information content (AvgIpc) is 3.58. The van der Waals surface area contributed by atoms with Gasteiger partial charge in [-0.05, 0) is 72.9 Å². The molecule has 2 bridgehead atoms. The Morgan fingerprint density at radius 1 is 0.825 bits per heavy atom. The molecule has 1 aliphatic heterocycles. The molecule has 1 saturated heterocycles. The summed E-state index contributed by atoms with van der Waals surface area (Å²) in [5, 5.41) is 1.96. The van der Waals surface area contributed by atoms with E-state index in [9.17, 15) is 19.2 Å². The average molecular weight is 579 g/mol. The molecule has 3 aromatic carbocycles. The molecule has 3 aromatic rings. The van der Waals surface area contributed by atoms with Gasteiger partial charge < -0.3 is 14.8 Å². The fraction of sp³-hybridized carbons (Fsp3) is 0.267. The molecule has 8 nitrogen and oxygen atoms in total. The van der Waals surface area contributed by atoms with Crippen LogP contribution in [0.2, 0.25) is 0 Å². The zero-order valence-electron chi connectivity index (χ0n) is 21.0. The predicted molar refractivity (Wildman–Crippen MR) is 149 cm³/mol. The number of esters is 1. The van der Waals surface area contributed by atoms with Gasteiger partial charge in [-0.25, -0.2) is 4.79 Å². The van der Waals surface area contributed by atoms with Gasteiger partial charge in [-0.3, -0.25) is 19.3 Å². The fourth-order valence-electron chi connectivity index (χ4n) is 6.02. The monoisotopic (exact) mass is 578 g/mol. The van der Waals surface area contributed by atoms with Crippen LogP contribution < -0.4 is 15.0 Å². The second kappa shape index (κ2) is 10.6. The number of fused-ring (bicyclic) bond motifs is 5. The lowest BCUT2D eigenvalue weighted by atomic mass is 9.80. The molecule has 6 atom stereocenters. The molecule has 2 saturated carbocycles. The molecule has 3 aliphatic rings. The van der Waals surface area contributed by atoms with Gasteiger partial charge in [0.2, 0.25) is 11.8 Å². The number of hydrogen-bond donors (Lipinski definition) is 1. The number of nitrogens with zero attached hydrogens (tertiary/aromatic N) is 1. The van der Waals surface area contributed by atoms with Crippen LogP contribution in [-0.2, 0) is 19.1 Å². The van der Waals surface area contributed by atoms with Gasteiger partial charge in [0.05, 0.1) is 33.8 Å². The summed E-state index contributed by atoms with van der Waals surface area (Å²) in [4.78, 5) is 52.7. The first-order valence-electron chi connectivity index (χ1n) is 12.9. The van der Waals surface area contributed by atoms with Crippen molar-refractivity contribution in [2.24, 2.45) is 23.7 Å². The molecule has 40 heavy (non-hydrogen) atoms. The van der Waals surface area contributed by atoms with Crippen molar-refractivity contribution in [1.82, 2.24) is 0 Å². The first-order chi connectivity index (χ1) is 19.3. The number of carbonyl (C=O) groups excluding carboxylic acids is 4. The summed E-state index contributed by atoms with van der Waals surface area (Å²) in [6, 6.07) is 22.1. The molecule has 3 amide bonds. The Balaban J connectivity index is 1.06. The van der Waals surface area contributed by atoms with E-state index in [-0.39, 0.29) is 45.7 Å². The maximum absolute atomic E-state index is 13.2. The second-order valence-electron chi connectivity index (χ2n) is 10.1. The van der Waals surface area contributed by atoms with Crippen LogP contribution >= 0.6 is 23.2 Å². The van der Waals surface area contributed by atoms with Crippen LogP contribution in [0.5, 0.6) is 11.5 Å². The first-order valence-corrected chi connectivity index (χ1v) is 13.7. The highest BCUT2D eigenvalue weighted by atomic mass is 35.5. The van der Waals surface area contributed by atoms with Gasteiger partial charge in [-0.2, -0.15) is 0 Å². The molecule has 204 valence electrons. The van der Waals surface area contributed by atoms with Crippen molar-refractivity contribution in [2.75, 3.05) is 16.8 Å². The highest BCUT2D eigenvalue weighted by molar-refractivity contribution is 6.32. The van der Waals surface area contributed by atoms with Gasteiger partial charge in [0, 0.05) is 5.69 Å². The molecule has 1 N–H and O–H groups in total. The number of hydrogen-bond acceptors (Lipinski definition) is 6. The van der Waals surface area contributed by atoms with E-state index >= 15 is 0 Å². The van der Waals surface area contributed by atoms with Gasteiger partial charge in [-0.1, -0.05) is 24.3 Å². The van der Waals surface area contributed by atoms with E-state index in [1.165, 1.54) is 12.1 Å². The normalized spacial score (nSPS) is 26.5. The minimum atomic E-state index is -0.760. The molecule has 6 rings (SSSR count). The SMILES string of the molecule is O=C(COC(=O)c1cccc(N2C(=O)[C@@H]3[C@H]4C[C@@H]([C@H](Cl)[C@H]4Cl)[C@@H]3C2=O)c1)Nc1ccc(Oc2ccccc2)cc1. The Hall–Kier alpha value is -3.88. The highest BCUT2D eigenvalue weighted by Crippen LogP contribution is 2.59. The van der Waals surface area contributed by atoms with Crippen LogP contribution in [-0.4, -0.2) is 41.1 Å². The quantitative estimate of drug-likeness (QED) is 0.233. The summed E-state index contributed by atoms with van der Waals surface area (Å²) in [6.45, 7) is -0.519. The van der Waals surface area contributed by atoms with Crippen LogP contribution in [0.4, 0.5) is 11.4 Å². The molecule has 3 fully saturated rings. The molecule has 10 heteroatoms. The molecule has 0 aromatic heterocycles. The Morgan fingerprint density at radius 2 is 1.45 bits per heavy atom. The molecule has 0 spiro atoms. The third kappa shape index (κ3) is 4.71. The number of alkyl halides is 2. The lowest BCUT2D eigenvalue weighted by molar-refractivity contribution is -0.123. The van der Waals surface area contributed by atoms with E-state index in [2.05, 4.69) is 5.32 Å². The number of anilines is 2. The Labute approximate surface area is 240 Å². The lowest BCUT2D eigenvalue weighted by Gasteiger charge is -2.28. The third-order valence-electron chi connectivity index (χ3n) is 7.78. The largest absolute Gasteiger partial charge is 0.457 e. The number of halogens is 2. The number of amides is 3. The van der Waals surface area contributed by atoms with Crippen LogP contribution in [0.25, 0.3) is 0 Å². The second-order valence-corrected chi connectivity index (χ2v) is 11.1. The molecular formula is C30H24Cl2N2O6. The number of imide groups is 1. The topological polar surface area (TPSA) is 102 Å². The van der Waals surface area contributed by atoms with Crippen LogP contribution in [0.15, 0.2) is 78.9 Å². The van der Waals surface area contributed by atoms with Crippen LogP contribution in [0.1, 0.15) is 16.8 Å². The van der Waals surface area contributed by atoms with Crippen molar-refractivity contribution in [1.29, 1.82) is 0 Å². The molecular weight excluding hydrogens is 555 g/mol. The van der Waals surface area contributed by atoms with Gasteiger partial charge >= 0.3 is 5.97 Å². The number of carbonyl (C=O) groups is 4. The summed E-state index contributed by atoms with van der Waals surface area (Å²) in [5.74, 6) is -1.89. The first kappa shape index (κ1) is 26.3. The van der Waals surface area contributed by atoms with E-state index < -0.39 is 30.3 Å². The molecule has 2 aliphatic carbocycles. The lowest BCUT2D eigenvalue weighted by Crippen LogP contribution is -2.37. The van der Waals surface area contributed by atoms with E-state index in [1.807, 2.05) is 30.3 Å². The number of nitrogens with one attached hydrogen (secondary N) is 1. The van der Waals surface area contributed by atoms with E-state index in [4.69, 9.17) is 32.7 Å². The van der Waals surface area contributed by atoms with Gasteiger partial charge in [0.25, 0.3) is 5.91 Å². The number of para-hydroxylation sites is 1. The number of ether oxygens (including phenoxy) is 2. The molecule has 0 unspecified atom stereocenters. The number of benzene rings is 3. The molecule has 1 heterocycles. The zero-order chi connectivity index (χ0) is 28.0. The summed E-state index contributed by atoms with van der Waals surface area (Å²) >= 11 is 12.9. The van der Waals surface area contributed by atoms with Crippen molar-refractivity contribution in [3.05, 3.63) is 84.4 Å². The zero-order valence-corrected chi connectivity index (χ0v) is 22.5. The maximum atomic E-state index is 13.2. The van der Waals surface area contributed by atoms with E-state index in [0.717, 1.165) is 4.90 Å². The smallest absolute Gasteiger partial charge is 0.338 e. The predicted octanol–water partition coefficient (Wildman–Crippen LogP) is 5.24. The minimum Gasteiger partial charge on any atom is -0.457 e. The van der Waals surface area contributed by atoms with Crippen molar-refractivity contribution >= 4 is 58.3 Å². The van der Waals surface area contributed by atoms with Crippen molar-refractivity contribution in [3.63, 3.8) is 0 Å². The minimum absolute atomic E-state index is 0.110. The van der Waals surface area contributed by atoms with E-state index in [1.54, 1.807) is 36.4 Å². The highest BCUT2D eigenvalue weighted by Gasteiger charge is 2.66. The van der Waals surface area contributed by atoms with Gasteiger partial charge in [-0.15, -0.1) is 23.2 Å². The third-order valence-corrected chi connectivity index (χ3v) is 9.10. The summed E-state index contributed by atoms with van der Waals surface area (Å²) in [7, 11) is 0. The van der Waals surface area contributed by atoms with Crippen molar-refractivity contribution in [3.8, 4) is 11.5 Å². The van der Waals surface area contributed by atoms with Crippen molar-refractivity contribution < 1.29 is 28.7 Å². The summed E-state index contributed by atoms with van der Waals surface area (Å²) in [6.07, 6.45) is 0.670. The Bertz CT molecular complexity index is 1450. The maximum Gasteiger partial charge on any atom is 0.338 e. The van der Waals surface area contributed by atoms with Crippen LogP contribution in [0.3, 0.4) is 0 Å². The standard InChI is InChI=1S/C30H24Cl2N2O6/c31-26-21-14-22(27(26)32)25-24(21)28(36)34(29(25)37)18-6-4-5-16(13-18)30(38)39-15-23(35)33-17-9-11-20(12-10-17)40-19-7-2-1-3-8-19/h1-13,21-22,24-27H,14-15H2,(H,33,35)/t21-,22-,24-,25+,26+,27+/m1/s1.